The number of aromatic amines is 1. The number of carbonyl (C=O) groups excluding carboxylic acids is 3. The Balaban J connectivity index is 2.29. The fraction of sp³-hybridized carbons (Fsp3) is 0.500. The van der Waals surface area contributed by atoms with Crippen LogP contribution in [0.25, 0.3) is 10.9 Å². The van der Waals surface area contributed by atoms with E-state index in [1.54, 1.807) is 33.9 Å². The molecule has 8 N–H and O–H groups in total. The van der Waals surface area contributed by atoms with Gasteiger partial charge in [0, 0.05) is 23.5 Å². The number of aromatic nitrogens is 1. The summed E-state index contributed by atoms with van der Waals surface area (Å²) < 4.78 is 0. The van der Waals surface area contributed by atoms with E-state index in [4.69, 9.17) is 10.8 Å². The SMILES string of the molecule is CC(C)C(N)C(=O)NC(Cc1c[nH]c2ccccc12)C(=O)NC(C(=O)NC(CO)C(=O)O)C(C)C. The highest BCUT2D eigenvalue weighted by molar-refractivity contribution is 5.95. The first kappa shape index (κ1) is 27.8. The predicted octanol–water partition coefficient (Wildman–Crippen LogP) is -0.119. The van der Waals surface area contributed by atoms with Crippen LogP contribution in [0.5, 0.6) is 0 Å². The first-order chi connectivity index (χ1) is 16.5. The maximum Gasteiger partial charge on any atom is 0.328 e. The third kappa shape index (κ3) is 7.27. The van der Waals surface area contributed by atoms with Gasteiger partial charge < -0.3 is 36.9 Å². The second-order valence-electron chi connectivity index (χ2n) is 9.21. The fourth-order valence-electron chi connectivity index (χ4n) is 3.54. The molecule has 0 saturated heterocycles. The molecule has 1 aromatic heterocycles. The zero-order valence-corrected chi connectivity index (χ0v) is 20.4. The van der Waals surface area contributed by atoms with Crippen molar-refractivity contribution in [1.29, 1.82) is 0 Å². The summed E-state index contributed by atoms with van der Waals surface area (Å²) >= 11 is 0. The van der Waals surface area contributed by atoms with E-state index in [0.717, 1.165) is 16.5 Å². The topological polar surface area (TPSA) is 187 Å². The lowest BCUT2D eigenvalue weighted by atomic mass is 9.99. The van der Waals surface area contributed by atoms with Gasteiger partial charge in [0.15, 0.2) is 0 Å². The molecule has 4 atom stereocenters. The molecule has 4 unspecified atom stereocenters. The van der Waals surface area contributed by atoms with Crippen LogP contribution in [-0.4, -0.2) is 69.7 Å². The zero-order chi connectivity index (χ0) is 26.3. The van der Waals surface area contributed by atoms with Crippen molar-refractivity contribution in [2.24, 2.45) is 17.6 Å². The predicted molar refractivity (Wildman–Crippen MR) is 130 cm³/mol. The average molecular weight is 490 g/mol. The van der Waals surface area contributed by atoms with Gasteiger partial charge in [0.1, 0.15) is 18.1 Å². The lowest BCUT2D eigenvalue weighted by Gasteiger charge is -2.27. The summed E-state index contributed by atoms with van der Waals surface area (Å²) in [6.07, 6.45) is 1.89. The molecule has 2 aromatic rings. The van der Waals surface area contributed by atoms with Crippen LogP contribution in [0.4, 0.5) is 0 Å². The summed E-state index contributed by atoms with van der Waals surface area (Å²) in [6, 6.07) is 3.03. The zero-order valence-electron chi connectivity index (χ0n) is 20.4. The van der Waals surface area contributed by atoms with Crippen molar-refractivity contribution in [1.82, 2.24) is 20.9 Å². The number of carboxylic acid groups (broad SMARTS) is 1. The van der Waals surface area contributed by atoms with Crippen LogP contribution in [0.1, 0.15) is 33.3 Å². The van der Waals surface area contributed by atoms with E-state index >= 15 is 0 Å². The quantitative estimate of drug-likeness (QED) is 0.216. The van der Waals surface area contributed by atoms with Crippen LogP contribution < -0.4 is 21.7 Å². The second-order valence-corrected chi connectivity index (χ2v) is 9.21. The van der Waals surface area contributed by atoms with Gasteiger partial charge in [-0.3, -0.25) is 14.4 Å². The second kappa shape index (κ2) is 12.3. The van der Waals surface area contributed by atoms with Crippen molar-refractivity contribution in [3.63, 3.8) is 0 Å². The van der Waals surface area contributed by atoms with Gasteiger partial charge in [-0.25, -0.2) is 4.79 Å². The van der Waals surface area contributed by atoms with Gasteiger partial charge in [-0.05, 0) is 23.5 Å². The lowest BCUT2D eigenvalue weighted by molar-refractivity contribution is -0.143. The number of hydrogen-bond donors (Lipinski definition) is 7. The van der Waals surface area contributed by atoms with Crippen LogP contribution in [0.15, 0.2) is 30.5 Å². The number of aliphatic hydroxyl groups excluding tert-OH is 1. The summed E-state index contributed by atoms with van der Waals surface area (Å²) in [6.45, 7) is 6.14. The van der Waals surface area contributed by atoms with Crippen LogP contribution in [0.3, 0.4) is 0 Å². The number of carboxylic acids is 1. The van der Waals surface area contributed by atoms with E-state index in [9.17, 15) is 24.3 Å². The largest absolute Gasteiger partial charge is 0.480 e. The molecular weight excluding hydrogens is 454 g/mol. The highest BCUT2D eigenvalue weighted by atomic mass is 16.4. The van der Waals surface area contributed by atoms with E-state index in [1.165, 1.54) is 0 Å². The molecule has 11 heteroatoms. The summed E-state index contributed by atoms with van der Waals surface area (Å²) in [5, 5.41) is 26.8. The van der Waals surface area contributed by atoms with Gasteiger partial charge >= 0.3 is 5.97 Å². The van der Waals surface area contributed by atoms with Gasteiger partial charge in [0.05, 0.1) is 12.6 Å². The number of benzene rings is 1. The third-order valence-electron chi connectivity index (χ3n) is 5.80. The van der Waals surface area contributed by atoms with Gasteiger partial charge in [-0.1, -0.05) is 45.9 Å². The molecule has 0 fully saturated rings. The van der Waals surface area contributed by atoms with Gasteiger partial charge in [-0.15, -0.1) is 0 Å². The molecule has 0 bridgehead atoms. The number of H-pyrrole nitrogens is 1. The molecule has 3 amide bonds. The first-order valence-corrected chi connectivity index (χ1v) is 11.5. The molecule has 0 aliphatic carbocycles. The Kier molecular flexibility index (Phi) is 9.78. The number of hydrogen-bond acceptors (Lipinski definition) is 6. The molecule has 2 rings (SSSR count). The summed E-state index contributed by atoms with van der Waals surface area (Å²) in [4.78, 5) is 53.1. The molecule has 35 heavy (non-hydrogen) atoms. The van der Waals surface area contributed by atoms with E-state index in [0.29, 0.717) is 0 Å². The molecular formula is C24H35N5O6. The number of para-hydroxylation sites is 1. The molecule has 0 aliphatic rings. The summed E-state index contributed by atoms with van der Waals surface area (Å²) in [5.74, 6) is -3.85. The smallest absolute Gasteiger partial charge is 0.328 e. The van der Waals surface area contributed by atoms with Crippen molar-refractivity contribution >= 4 is 34.6 Å². The molecule has 1 heterocycles. The molecule has 11 nitrogen and oxygen atoms in total. The van der Waals surface area contributed by atoms with E-state index in [2.05, 4.69) is 20.9 Å². The summed E-state index contributed by atoms with van der Waals surface area (Å²) in [7, 11) is 0. The summed E-state index contributed by atoms with van der Waals surface area (Å²) in [5.41, 5.74) is 7.63. The molecule has 0 radical (unpaired) electrons. The van der Waals surface area contributed by atoms with Gasteiger partial charge in [0.25, 0.3) is 0 Å². The van der Waals surface area contributed by atoms with Crippen LogP contribution in [0.2, 0.25) is 0 Å². The lowest BCUT2D eigenvalue weighted by Crippen LogP contribution is -2.59. The molecule has 0 saturated carbocycles. The van der Waals surface area contributed by atoms with Crippen molar-refractivity contribution in [3.05, 3.63) is 36.0 Å². The van der Waals surface area contributed by atoms with E-state index in [-0.39, 0.29) is 12.3 Å². The van der Waals surface area contributed by atoms with Crippen LogP contribution in [0, 0.1) is 11.8 Å². The number of nitrogens with two attached hydrogens (primary N) is 1. The Labute approximate surface area is 203 Å². The van der Waals surface area contributed by atoms with Gasteiger partial charge in [0.2, 0.25) is 17.7 Å². The normalized spacial score (nSPS) is 14.9. The molecule has 0 aliphatic heterocycles. The number of rotatable bonds is 12. The van der Waals surface area contributed by atoms with Crippen LogP contribution in [-0.2, 0) is 25.6 Å². The number of amides is 3. The maximum absolute atomic E-state index is 13.3. The Morgan fingerprint density at radius 3 is 2.11 bits per heavy atom. The van der Waals surface area contributed by atoms with Gasteiger partial charge in [-0.2, -0.15) is 0 Å². The molecule has 192 valence electrons. The minimum Gasteiger partial charge on any atom is -0.480 e. The number of aliphatic hydroxyl groups is 1. The highest BCUT2D eigenvalue weighted by Gasteiger charge is 2.32. The Morgan fingerprint density at radius 2 is 1.54 bits per heavy atom. The Bertz CT molecular complexity index is 1050. The van der Waals surface area contributed by atoms with Crippen molar-refractivity contribution < 1.29 is 29.4 Å². The monoisotopic (exact) mass is 489 g/mol. The number of aliphatic carboxylic acids is 1. The highest BCUT2D eigenvalue weighted by Crippen LogP contribution is 2.19. The number of nitrogens with one attached hydrogen (secondary N) is 4. The minimum atomic E-state index is -1.51. The van der Waals surface area contributed by atoms with Crippen molar-refractivity contribution in [2.45, 2.75) is 58.3 Å². The molecule has 0 spiro atoms. The van der Waals surface area contributed by atoms with E-state index in [1.807, 2.05) is 24.3 Å². The fourth-order valence-corrected chi connectivity index (χ4v) is 3.54. The number of fused-ring (bicyclic) bond motifs is 1. The Hall–Kier alpha value is -3.44. The third-order valence-corrected chi connectivity index (χ3v) is 5.80. The average Bonchev–Trinajstić information content (AvgIpc) is 3.21. The van der Waals surface area contributed by atoms with E-state index < -0.39 is 60.4 Å². The minimum absolute atomic E-state index is 0.132. The van der Waals surface area contributed by atoms with Crippen LogP contribution >= 0.6 is 0 Å². The Morgan fingerprint density at radius 1 is 0.914 bits per heavy atom. The first-order valence-electron chi connectivity index (χ1n) is 11.5. The van der Waals surface area contributed by atoms with Crippen molar-refractivity contribution in [3.8, 4) is 0 Å². The molecule has 1 aromatic carbocycles. The number of carbonyl (C=O) groups is 4. The van der Waals surface area contributed by atoms with Crippen molar-refractivity contribution in [2.75, 3.05) is 6.61 Å². The maximum atomic E-state index is 13.3. The standard InChI is InChI=1S/C24H35N5O6/c1-12(2)19(25)22(32)27-17(9-14-10-26-16-8-6-5-7-15(14)16)21(31)29-20(13(3)4)23(33)28-18(11-30)24(34)35/h5-8,10,12-13,17-20,26,30H,9,11,25H2,1-4H3,(H,27,32)(H,28,33)(H,29,31)(H,34,35).